The smallest absolute Gasteiger partial charge is 0.105 e. The molecule has 0 saturated heterocycles. The summed E-state index contributed by atoms with van der Waals surface area (Å²) >= 11 is 0. The van der Waals surface area contributed by atoms with Crippen LogP contribution in [-0.4, -0.2) is 6.54 Å². The normalized spacial score (nSPS) is 18.1. The molecule has 1 aliphatic carbocycles. The van der Waals surface area contributed by atoms with Crippen LogP contribution in [0.5, 0.6) is 0 Å². The first kappa shape index (κ1) is 10.7. The predicted octanol–water partition coefficient (Wildman–Crippen LogP) is 3.35. The zero-order valence-corrected chi connectivity index (χ0v) is 9.97. The molecular formula is C13H21NO. The summed E-state index contributed by atoms with van der Waals surface area (Å²) in [5, 5.41) is 3.64. The maximum absolute atomic E-state index is 5.61. The van der Waals surface area contributed by atoms with Gasteiger partial charge in [0.1, 0.15) is 11.5 Å². The second-order valence-corrected chi connectivity index (χ2v) is 4.64. The molecule has 2 heteroatoms. The largest absolute Gasteiger partial charge is 0.466 e. The molecule has 1 aromatic rings. The molecular weight excluding hydrogens is 186 g/mol. The third-order valence-electron chi connectivity index (χ3n) is 3.12. The lowest BCUT2D eigenvalue weighted by Gasteiger charge is -2.17. The van der Waals surface area contributed by atoms with Crippen molar-refractivity contribution in [3.8, 4) is 0 Å². The maximum atomic E-state index is 5.61. The minimum absolute atomic E-state index is 0.530. The van der Waals surface area contributed by atoms with Gasteiger partial charge in [-0.25, -0.2) is 0 Å². The second-order valence-electron chi connectivity index (χ2n) is 4.64. The predicted molar refractivity (Wildman–Crippen MR) is 61.9 cm³/mol. The Bertz CT molecular complexity index is 325. The summed E-state index contributed by atoms with van der Waals surface area (Å²) in [7, 11) is 0. The summed E-state index contributed by atoms with van der Waals surface area (Å²) < 4.78 is 5.61. The summed E-state index contributed by atoms with van der Waals surface area (Å²) in [6, 6.07) is 2.73. The molecule has 15 heavy (non-hydrogen) atoms. The van der Waals surface area contributed by atoms with Crippen LogP contribution in [0.4, 0.5) is 0 Å². The highest BCUT2D eigenvalue weighted by molar-refractivity contribution is 5.25. The number of aryl methyl sites for hydroxylation is 2. The van der Waals surface area contributed by atoms with E-state index in [1.54, 1.807) is 0 Å². The van der Waals surface area contributed by atoms with E-state index in [9.17, 15) is 0 Å². The molecule has 1 N–H and O–H groups in total. The summed E-state index contributed by atoms with van der Waals surface area (Å²) in [5.74, 6) is 2.96. The topological polar surface area (TPSA) is 25.2 Å². The highest BCUT2D eigenvalue weighted by Gasteiger charge is 2.33. The van der Waals surface area contributed by atoms with E-state index < -0.39 is 0 Å². The highest BCUT2D eigenvalue weighted by atomic mass is 16.3. The van der Waals surface area contributed by atoms with Crippen LogP contribution in [0.3, 0.4) is 0 Å². The van der Waals surface area contributed by atoms with E-state index in [1.165, 1.54) is 24.8 Å². The average molecular weight is 207 g/mol. The Hall–Kier alpha value is -0.760. The van der Waals surface area contributed by atoms with E-state index in [1.807, 2.05) is 6.92 Å². The number of hydrogen-bond acceptors (Lipinski definition) is 2. The standard InChI is InChI=1S/C13H21NO/c1-4-7-14-13(11-5-6-11)12-8-9(2)15-10(12)3/h8,11,13-14H,4-7H2,1-3H3. The summed E-state index contributed by atoms with van der Waals surface area (Å²) in [5.41, 5.74) is 1.38. The summed E-state index contributed by atoms with van der Waals surface area (Å²) in [6.45, 7) is 7.42. The molecule has 0 radical (unpaired) electrons. The van der Waals surface area contributed by atoms with Gasteiger partial charge in [-0.15, -0.1) is 0 Å². The number of rotatable bonds is 5. The van der Waals surface area contributed by atoms with E-state index in [4.69, 9.17) is 4.42 Å². The Morgan fingerprint density at radius 1 is 1.47 bits per heavy atom. The molecule has 84 valence electrons. The molecule has 0 amide bonds. The second kappa shape index (κ2) is 4.40. The molecule has 1 unspecified atom stereocenters. The van der Waals surface area contributed by atoms with Crippen LogP contribution in [0.2, 0.25) is 0 Å². The average Bonchev–Trinajstić information content (AvgIpc) is 2.95. The fourth-order valence-corrected chi connectivity index (χ4v) is 2.22. The molecule has 1 fully saturated rings. The molecule has 0 bridgehead atoms. The molecule has 0 spiro atoms. The van der Waals surface area contributed by atoms with Crippen molar-refractivity contribution in [2.75, 3.05) is 6.54 Å². The van der Waals surface area contributed by atoms with Gasteiger partial charge in [-0.05, 0) is 51.6 Å². The van der Waals surface area contributed by atoms with Crippen LogP contribution < -0.4 is 5.32 Å². The minimum Gasteiger partial charge on any atom is -0.466 e. The molecule has 0 aliphatic heterocycles. The number of furan rings is 1. The van der Waals surface area contributed by atoms with Crippen LogP contribution in [-0.2, 0) is 0 Å². The van der Waals surface area contributed by atoms with Gasteiger partial charge in [0.05, 0.1) is 0 Å². The van der Waals surface area contributed by atoms with E-state index in [2.05, 4.69) is 25.2 Å². The summed E-state index contributed by atoms with van der Waals surface area (Å²) in [6.07, 6.45) is 3.93. The first-order valence-electron chi connectivity index (χ1n) is 6.02. The van der Waals surface area contributed by atoms with Crippen molar-refractivity contribution in [1.82, 2.24) is 5.32 Å². The lowest BCUT2D eigenvalue weighted by atomic mass is 10.0. The van der Waals surface area contributed by atoms with E-state index >= 15 is 0 Å². The van der Waals surface area contributed by atoms with E-state index in [0.29, 0.717) is 6.04 Å². The van der Waals surface area contributed by atoms with Crippen LogP contribution in [0.25, 0.3) is 0 Å². The van der Waals surface area contributed by atoms with Crippen molar-refractivity contribution < 1.29 is 4.42 Å². The Kier molecular flexibility index (Phi) is 3.15. The van der Waals surface area contributed by atoms with Crippen molar-refractivity contribution in [3.05, 3.63) is 23.2 Å². The van der Waals surface area contributed by atoms with Gasteiger partial charge >= 0.3 is 0 Å². The van der Waals surface area contributed by atoms with E-state index in [-0.39, 0.29) is 0 Å². The van der Waals surface area contributed by atoms with Crippen LogP contribution in [0.1, 0.15) is 49.3 Å². The monoisotopic (exact) mass is 207 g/mol. The Labute approximate surface area is 92.1 Å². The van der Waals surface area contributed by atoms with Gasteiger partial charge in [0, 0.05) is 11.6 Å². The Morgan fingerprint density at radius 3 is 2.67 bits per heavy atom. The highest BCUT2D eigenvalue weighted by Crippen LogP contribution is 2.42. The van der Waals surface area contributed by atoms with Crippen LogP contribution in [0, 0.1) is 19.8 Å². The molecule has 1 aliphatic rings. The van der Waals surface area contributed by atoms with Gasteiger partial charge < -0.3 is 9.73 Å². The molecule has 1 aromatic heterocycles. The number of hydrogen-bond donors (Lipinski definition) is 1. The molecule has 1 saturated carbocycles. The van der Waals surface area contributed by atoms with Gasteiger partial charge in [-0.1, -0.05) is 6.92 Å². The van der Waals surface area contributed by atoms with E-state index in [0.717, 1.165) is 24.0 Å². The first-order chi connectivity index (χ1) is 7.22. The third-order valence-corrected chi connectivity index (χ3v) is 3.12. The summed E-state index contributed by atoms with van der Waals surface area (Å²) in [4.78, 5) is 0. The lowest BCUT2D eigenvalue weighted by molar-refractivity contribution is 0.456. The SMILES string of the molecule is CCCNC(c1cc(C)oc1C)C1CC1. The van der Waals surface area contributed by atoms with Gasteiger partial charge in [0.2, 0.25) is 0 Å². The van der Waals surface area contributed by atoms with Crippen molar-refractivity contribution in [2.24, 2.45) is 5.92 Å². The first-order valence-corrected chi connectivity index (χ1v) is 6.02. The molecule has 2 nitrogen and oxygen atoms in total. The molecule has 1 heterocycles. The maximum Gasteiger partial charge on any atom is 0.105 e. The van der Waals surface area contributed by atoms with Crippen molar-refractivity contribution in [2.45, 2.75) is 46.1 Å². The van der Waals surface area contributed by atoms with Crippen molar-refractivity contribution in [1.29, 1.82) is 0 Å². The molecule has 0 aromatic carbocycles. The lowest BCUT2D eigenvalue weighted by Crippen LogP contribution is -2.23. The van der Waals surface area contributed by atoms with Gasteiger partial charge in [-0.3, -0.25) is 0 Å². The van der Waals surface area contributed by atoms with Crippen LogP contribution >= 0.6 is 0 Å². The Balaban J connectivity index is 2.12. The Morgan fingerprint density at radius 2 is 2.20 bits per heavy atom. The number of nitrogens with one attached hydrogen (secondary N) is 1. The molecule has 2 rings (SSSR count). The van der Waals surface area contributed by atoms with Gasteiger partial charge in [-0.2, -0.15) is 0 Å². The quantitative estimate of drug-likeness (QED) is 0.801. The zero-order valence-electron chi connectivity index (χ0n) is 9.97. The van der Waals surface area contributed by atoms with Crippen molar-refractivity contribution >= 4 is 0 Å². The minimum atomic E-state index is 0.530. The van der Waals surface area contributed by atoms with Gasteiger partial charge in [0.15, 0.2) is 0 Å². The van der Waals surface area contributed by atoms with Crippen LogP contribution in [0.15, 0.2) is 10.5 Å². The third kappa shape index (κ3) is 2.43. The fourth-order valence-electron chi connectivity index (χ4n) is 2.22. The van der Waals surface area contributed by atoms with Gasteiger partial charge in [0.25, 0.3) is 0 Å². The molecule has 1 atom stereocenters. The van der Waals surface area contributed by atoms with Crippen molar-refractivity contribution in [3.63, 3.8) is 0 Å². The fraction of sp³-hybridized carbons (Fsp3) is 0.692. The zero-order chi connectivity index (χ0) is 10.8.